The van der Waals surface area contributed by atoms with Gasteiger partial charge in [0.15, 0.2) is 5.75 Å². The topological polar surface area (TPSA) is 106 Å². The number of aromatic hydroxyl groups is 1. The summed E-state index contributed by atoms with van der Waals surface area (Å²) in [5, 5.41) is 26.2. The third kappa shape index (κ3) is 2.70. The Hall–Kier alpha value is -3.03. The van der Waals surface area contributed by atoms with E-state index in [2.05, 4.69) is 20.4 Å². The number of para-hydroxylation sites is 1. The first-order valence-electron chi connectivity index (χ1n) is 7.18. The van der Waals surface area contributed by atoms with Crippen molar-refractivity contribution >= 4 is 22.6 Å². The minimum atomic E-state index is -0.761. The third-order valence-corrected chi connectivity index (χ3v) is 3.37. The van der Waals surface area contributed by atoms with E-state index in [0.717, 1.165) is 6.42 Å². The van der Waals surface area contributed by atoms with E-state index in [-0.39, 0.29) is 17.4 Å². The molecule has 0 spiro atoms. The summed E-state index contributed by atoms with van der Waals surface area (Å²) < 4.78 is 6.91. The van der Waals surface area contributed by atoms with Gasteiger partial charge in [0.05, 0.1) is 5.39 Å². The molecule has 1 aromatic carbocycles. The van der Waals surface area contributed by atoms with Crippen molar-refractivity contribution in [3.63, 3.8) is 0 Å². The standard InChI is InChI=1S/C15H15N5O3/c1-3-8-20-9(2)16-18-15(20)19-17-12-13(21)10-6-4-5-7-11(10)23-14(12)22/h4-7,21H,3,8H2,1-2H3. The van der Waals surface area contributed by atoms with Gasteiger partial charge in [-0.15, -0.1) is 20.4 Å². The Bertz CT molecular complexity index is 942. The molecule has 0 aliphatic carbocycles. The summed E-state index contributed by atoms with van der Waals surface area (Å²) in [7, 11) is 0. The zero-order valence-electron chi connectivity index (χ0n) is 12.7. The Morgan fingerprint density at radius 1 is 1.26 bits per heavy atom. The molecule has 0 unspecified atom stereocenters. The SMILES string of the molecule is CCCn1c(C)nnc1N=Nc1c(O)c2ccccc2oc1=O. The van der Waals surface area contributed by atoms with E-state index in [1.807, 2.05) is 13.8 Å². The number of nitrogens with zero attached hydrogens (tertiary/aromatic N) is 5. The Morgan fingerprint density at radius 3 is 2.83 bits per heavy atom. The first-order valence-corrected chi connectivity index (χ1v) is 7.18. The Morgan fingerprint density at radius 2 is 2.04 bits per heavy atom. The van der Waals surface area contributed by atoms with Crippen molar-refractivity contribution in [1.82, 2.24) is 14.8 Å². The highest BCUT2D eigenvalue weighted by atomic mass is 16.4. The highest BCUT2D eigenvalue weighted by molar-refractivity contribution is 5.87. The molecule has 8 heteroatoms. The van der Waals surface area contributed by atoms with Gasteiger partial charge in [-0.2, -0.15) is 0 Å². The average molecular weight is 313 g/mol. The van der Waals surface area contributed by atoms with E-state index in [0.29, 0.717) is 23.3 Å². The zero-order chi connectivity index (χ0) is 16.4. The van der Waals surface area contributed by atoms with Gasteiger partial charge in [-0.25, -0.2) is 4.79 Å². The number of azo groups is 1. The fourth-order valence-electron chi connectivity index (χ4n) is 2.24. The second kappa shape index (κ2) is 5.99. The van der Waals surface area contributed by atoms with E-state index >= 15 is 0 Å². The highest BCUT2D eigenvalue weighted by Gasteiger charge is 2.14. The summed E-state index contributed by atoms with van der Waals surface area (Å²) in [4.78, 5) is 12.0. The molecule has 0 fully saturated rings. The van der Waals surface area contributed by atoms with Gasteiger partial charge in [0.25, 0.3) is 5.95 Å². The fraction of sp³-hybridized carbons (Fsp3) is 0.267. The number of hydrogen-bond donors (Lipinski definition) is 1. The van der Waals surface area contributed by atoms with Gasteiger partial charge in [0.1, 0.15) is 11.4 Å². The lowest BCUT2D eigenvalue weighted by molar-refractivity contribution is 0.469. The van der Waals surface area contributed by atoms with Crippen molar-refractivity contribution < 1.29 is 9.52 Å². The summed E-state index contributed by atoms with van der Waals surface area (Å²) >= 11 is 0. The number of hydrogen-bond acceptors (Lipinski definition) is 7. The van der Waals surface area contributed by atoms with E-state index in [9.17, 15) is 9.90 Å². The second-order valence-electron chi connectivity index (χ2n) is 4.98. The molecule has 2 aromatic heterocycles. The quantitative estimate of drug-likeness (QED) is 0.588. The number of fused-ring (bicyclic) bond motifs is 1. The van der Waals surface area contributed by atoms with Crippen LogP contribution in [-0.2, 0) is 6.54 Å². The van der Waals surface area contributed by atoms with Gasteiger partial charge >= 0.3 is 5.63 Å². The van der Waals surface area contributed by atoms with Crippen LogP contribution in [0.5, 0.6) is 5.75 Å². The van der Waals surface area contributed by atoms with Crippen molar-refractivity contribution in [2.24, 2.45) is 10.2 Å². The predicted molar refractivity (Wildman–Crippen MR) is 83.4 cm³/mol. The van der Waals surface area contributed by atoms with E-state index in [4.69, 9.17) is 4.42 Å². The maximum atomic E-state index is 12.0. The Kier molecular flexibility index (Phi) is 3.88. The van der Waals surface area contributed by atoms with Crippen molar-refractivity contribution in [2.75, 3.05) is 0 Å². The number of benzene rings is 1. The molecule has 0 bridgehead atoms. The van der Waals surface area contributed by atoms with Gasteiger partial charge in [-0.05, 0) is 25.5 Å². The van der Waals surface area contributed by atoms with Crippen LogP contribution in [0.4, 0.5) is 11.6 Å². The van der Waals surface area contributed by atoms with Crippen LogP contribution in [0.2, 0.25) is 0 Å². The van der Waals surface area contributed by atoms with Gasteiger partial charge < -0.3 is 9.52 Å². The van der Waals surface area contributed by atoms with Crippen molar-refractivity contribution in [3.05, 3.63) is 40.5 Å². The molecular formula is C15H15N5O3. The zero-order valence-corrected chi connectivity index (χ0v) is 12.7. The number of aromatic nitrogens is 3. The maximum Gasteiger partial charge on any atom is 0.368 e. The average Bonchev–Trinajstić information content (AvgIpc) is 2.88. The first-order chi connectivity index (χ1) is 11.1. The van der Waals surface area contributed by atoms with E-state index in [1.165, 1.54) is 0 Å². The van der Waals surface area contributed by atoms with Crippen LogP contribution in [0.1, 0.15) is 19.2 Å². The molecule has 23 heavy (non-hydrogen) atoms. The highest BCUT2D eigenvalue weighted by Crippen LogP contribution is 2.32. The molecule has 1 N–H and O–H groups in total. The smallest absolute Gasteiger partial charge is 0.368 e. The van der Waals surface area contributed by atoms with Gasteiger partial charge in [0.2, 0.25) is 5.69 Å². The lowest BCUT2D eigenvalue weighted by Crippen LogP contribution is -1.99. The maximum absolute atomic E-state index is 12.0. The van der Waals surface area contributed by atoms with Crippen LogP contribution < -0.4 is 5.63 Å². The normalized spacial score (nSPS) is 11.6. The minimum Gasteiger partial charge on any atom is -0.505 e. The van der Waals surface area contributed by atoms with Crippen molar-refractivity contribution in [2.45, 2.75) is 26.8 Å². The molecule has 0 aliphatic heterocycles. The summed E-state index contributed by atoms with van der Waals surface area (Å²) in [6.07, 6.45) is 0.880. The molecule has 0 saturated heterocycles. The second-order valence-corrected chi connectivity index (χ2v) is 4.98. The molecule has 118 valence electrons. The summed E-state index contributed by atoms with van der Waals surface area (Å²) in [6.45, 7) is 4.51. The molecule has 3 rings (SSSR count). The van der Waals surface area contributed by atoms with Crippen LogP contribution in [0.25, 0.3) is 11.0 Å². The molecule has 0 radical (unpaired) electrons. The Balaban J connectivity index is 2.07. The predicted octanol–water partition coefficient (Wildman–Crippen LogP) is 3.22. The van der Waals surface area contributed by atoms with Crippen LogP contribution >= 0.6 is 0 Å². The number of aryl methyl sites for hydroxylation is 1. The van der Waals surface area contributed by atoms with Gasteiger partial charge in [-0.3, -0.25) is 4.57 Å². The van der Waals surface area contributed by atoms with Crippen LogP contribution in [0.15, 0.2) is 43.7 Å². The van der Waals surface area contributed by atoms with Crippen LogP contribution in [0.3, 0.4) is 0 Å². The van der Waals surface area contributed by atoms with Gasteiger partial charge in [0, 0.05) is 6.54 Å². The molecule has 3 aromatic rings. The summed E-state index contributed by atoms with van der Waals surface area (Å²) in [5.74, 6) is 0.714. The molecule has 2 heterocycles. The largest absolute Gasteiger partial charge is 0.505 e. The van der Waals surface area contributed by atoms with E-state index in [1.54, 1.807) is 28.8 Å². The van der Waals surface area contributed by atoms with Crippen LogP contribution in [-0.4, -0.2) is 19.9 Å². The molecule has 0 amide bonds. The molecule has 0 saturated carbocycles. The van der Waals surface area contributed by atoms with Crippen molar-refractivity contribution in [1.29, 1.82) is 0 Å². The third-order valence-electron chi connectivity index (χ3n) is 3.37. The van der Waals surface area contributed by atoms with Gasteiger partial charge in [-0.1, -0.05) is 19.1 Å². The first kappa shape index (κ1) is 14.9. The lowest BCUT2D eigenvalue weighted by atomic mass is 10.2. The molecule has 0 aliphatic rings. The summed E-state index contributed by atoms with van der Waals surface area (Å²) in [6, 6.07) is 6.67. The lowest BCUT2D eigenvalue weighted by Gasteiger charge is -2.03. The van der Waals surface area contributed by atoms with Crippen molar-refractivity contribution in [3.8, 4) is 5.75 Å². The monoisotopic (exact) mass is 313 g/mol. The molecule has 0 atom stereocenters. The minimum absolute atomic E-state index is 0.257. The fourth-order valence-corrected chi connectivity index (χ4v) is 2.24. The van der Waals surface area contributed by atoms with E-state index < -0.39 is 5.63 Å². The summed E-state index contributed by atoms with van der Waals surface area (Å²) in [5.41, 5.74) is -0.727. The van der Waals surface area contributed by atoms with Crippen LogP contribution in [0, 0.1) is 6.92 Å². The Labute approximate surface area is 131 Å². The molecular weight excluding hydrogens is 298 g/mol. The molecule has 8 nitrogen and oxygen atoms in total. The number of rotatable bonds is 4.